The van der Waals surface area contributed by atoms with Crippen molar-refractivity contribution < 1.29 is 4.39 Å². The number of halogens is 2. The Bertz CT molecular complexity index is 307. The van der Waals surface area contributed by atoms with Crippen molar-refractivity contribution in [2.75, 3.05) is 6.67 Å². The summed E-state index contributed by atoms with van der Waals surface area (Å²) in [5.41, 5.74) is 1.31. The first kappa shape index (κ1) is 11.1. The minimum atomic E-state index is -0.166. The van der Waals surface area contributed by atoms with Crippen molar-refractivity contribution >= 4 is 15.9 Å². The lowest BCUT2D eigenvalue weighted by Gasteiger charge is -2.29. The third kappa shape index (κ3) is 2.60. The van der Waals surface area contributed by atoms with Gasteiger partial charge in [0.15, 0.2) is 0 Å². The summed E-state index contributed by atoms with van der Waals surface area (Å²) < 4.78 is 14.0. The van der Waals surface area contributed by atoms with Crippen LogP contribution in [0.3, 0.4) is 0 Å². The van der Waals surface area contributed by atoms with Gasteiger partial charge in [-0.25, -0.2) is 0 Å². The van der Waals surface area contributed by atoms with Crippen LogP contribution in [0, 0.1) is 5.92 Å². The lowest BCUT2D eigenvalue weighted by molar-refractivity contribution is 0.245. The summed E-state index contributed by atoms with van der Waals surface area (Å²) in [6, 6.07) is 8.37. The van der Waals surface area contributed by atoms with Crippen LogP contribution in [-0.2, 0) is 0 Å². The first-order chi connectivity index (χ1) is 7.31. The van der Waals surface area contributed by atoms with E-state index in [0.717, 1.165) is 17.3 Å². The summed E-state index contributed by atoms with van der Waals surface area (Å²) in [5.74, 6) is 0.691. The van der Waals surface area contributed by atoms with Gasteiger partial charge in [0.2, 0.25) is 0 Å². The van der Waals surface area contributed by atoms with E-state index < -0.39 is 0 Å². The second kappa shape index (κ2) is 5.11. The van der Waals surface area contributed by atoms with Crippen molar-refractivity contribution in [2.24, 2.45) is 5.92 Å². The second-order valence-electron chi connectivity index (χ2n) is 4.36. The summed E-state index contributed by atoms with van der Waals surface area (Å²) in [7, 11) is 0. The molecule has 0 bridgehead atoms. The summed E-state index contributed by atoms with van der Waals surface area (Å²) in [4.78, 5) is 0. The van der Waals surface area contributed by atoms with E-state index in [1.165, 1.54) is 18.4 Å². The average molecular weight is 271 g/mol. The van der Waals surface area contributed by atoms with Crippen molar-refractivity contribution in [3.8, 4) is 0 Å². The fourth-order valence-corrected chi connectivity index (χ4v) is 2.81. The number of benzene rings is 1. The van der Waals surface area contributed by atoms with E-state index in [9.17, 15) is 4.39 Å². The molecular weight excluding hydrogens is 255 g/mol. The molecule has 1 aliphatic rings. The highest BCUT2D eigenvalue weighted by Crippen LogP contribution is 2.38. The third-order valence-corrected chi connectivity index (χ3v) is 3.93. The molecule has 0 spiro atoms. The van der Waals surface area contributed by atoms with E-state index >= 15 is 0 Å². The molecule has 0 N–H and O–H groups in total. The Morgan fingerprint density at radius 2 is 1.80 bits per heavy atom. The molecule has 1 fully saturated rings. The fourth-order valence-electron chi connectivity index (χ4n) is 2.54. The fraction of sp³-hybridized carbons (Fsp3) is 0.538. The number of hydrogen-bond acceptors (Lipinski definition) is 0. The van der Waals surface area contributed by atoms with Gasteiger partial charge < -0.3 is 0 Å². The molecule has 2 unspecified atom stereocenters. The molecule has 1 aliphatic carbocycles. The van der Waals surface area contributed by atoms with Crippen molar-refractivity contribution in [1.82, 2.24) is 0 Å². The molecule has 0 heterocycles. The molecule has 1 aromatic carbocycles. The third-order valence-electron chi connectivity index (χ3n) is 3.41. The molecular formula is C13H16BrF. The molecule has 2 heteroatoms. The molecule has 1 aromatic rings. The SMILES string of the molecule is FCC1CCCCC1c1ccc(Br)cc1. The van der Waals surface area contributed by atoms with E-state index in [2.05, 4.69) is 40.2 Å². The monoisotopic (exact) mass is 270 g/mol. The molecule has 0 nitrogen and oxygen atoms in total. The van der Waals surface area contributed by atoms with E-state index in [-0.39, 0.29) is 12.6 Å². The Kier molecular flexibility index (Phi) is 3.79. The van der Waals surface area contributed by atoms with Crippen molar-refractivity contribution in [1.29, 1.82) is 0 Å². The summed E-state index contributed by atoms with van der Waals surface area (Å²) in [5, 5.41) is 0. The molecule has 2 atom stereocenters. The van der Waals surface area contributed by atoms with Crippen LogP contribution in [0.2, 0.25) is 0 Å². The normalized spacial score (nSPS) is 26.5. The summed E-state index contributed by atoms with van der Waals surface area (Å²) in [6.45, 7) is -0.166. The first-order valence-electron chi connectivity index (χ1n) is 5.62. The standard InChI is InChI=1S/C13H16BrF/c14-12-7-5-10(6-8-12)13-4-2-1-3-11(13)9-15/h5-8,11,13H,1-4,9H2. The van der Waals surface area contributed by atoms with Crippen LogP contribution in [0.5, 0.6) is 0 Å². The van der Waals surface area contributed by atoms with E-state index in [1.807, 2.05) is 0 Å². The van der Waals surface area contributed by atoms with Gasteiger partial charge in [0.1, 0.15) is 0 Å². The molecule has 0 radical (unpaired) electrons. The number of rotatable bonds is 2. The zero-order chi connectivity index (χ0) is 10.7. The first-order valence-corrected chi connectivity index (χ1v) is 6.42. The predicted octanol–water partition coefficient (Wildman–Crippen LogP) is 4.69. The second-order valence-corrected chi connectivity index (χ2v) is 5.27. The minimum absolute atomic E-state index is 0.166. The van der Waals surface area contributed by atoms with Gasteiger partial charge >= 0.3 is 0 Å². The largest absolute Gasteiger partial charge is 0.251 e. The Hall–Kier alpha value is -0.370. The maximum Gasteiger partial charge on any atom is 0.0928 e. The smallest absolute Gasteiger partial charge is 0.0928 e. The van der Waals surface area contributed by atoms with Crippen LogP contribution < -0.4 is 0 Å². The molecule has 1 saturated carbocycles. The Morgan fingerprint density at radius 3 is 2.47 bits per heavy atom. The van der Waals surface area contributed by atoms with Gasteiger partial charge in [-0.15, -0.1) is 0 Å². The molecule has 0 aromatic heterocycles. The van der Waals surface area contributed by atoms with E-state index in [1.54, 1.807) is 0 Å². The molecule has 0 saturated heterocycles. The highest BCUT2D eigenvalue weighted by Gasteiger charge is 2.26. The topological polar surface area (TPSA) is 0 Å². The van der Waals surface area contributed by atoms with Crippen molar-refractivity contribution in [2.45, 2.75) is 31.6 Å². The van der Waals surface area contributed by atoms with Crippen molar-refractivity contribution in [3.63, 3.8) is 0 Å². The predicted molar refractivity (Wildman–Crippen MR) is 64.8 cm³/mol. The average Bonchev–Trinajstić information content (AvgIpc) is 2.30. The molecule has 15 heavy (non-hydrogen) atoms. The summed E-state index contributed by atoms with van der Waals surface area (Å²) >= 11 is 3.43. The minimum Gasteiger partial charge on any atom is -0.251 e. The highest BCUT2D eigenvalue weighted by atomic mass is 79.9. The summed E-state index contributed by atoms with van der Waals surface area (Å²) in [6.07, 6.45) is 4.65. The highest BCUT2D eigenvalue weighted by molar-refractivity contribution is 9.10. The Morgan fingerprint density at radius 1 is 1.13 bits per heavy atom. The van der Waals surface area contributed by atoms with Crippen molar-refractivity contribution in [3.05, 3.63) is 34.3 Å². The lowest BCUT2D eigenvalue weighted by Crippen LogP contribution is -2.19. The van der Waals surface area contributed by atoms with Crippen LogP contribution in [0.25, 0.3) is 0 Å². The maximum atomic E-state index is 12.9. The number of hydrogen-bond donors (Lipinski definition) is 0. The lowest BCUT2D eigenvalue weighted by atomic mass is 9.76. The van der Waals surface area contributed by atoms with Crippen LogP contribution in [0.4, 0.5) is 4.39 Å². The maximum absolute atomic E-state index is 12.9. The van der Waals surface area contributed by atoms with Gasteiger partial charge in [0.05, 0.1) is 6.67 Å². The number of alkyl halides is 1. The quantitative estimate of drug-likeness (QED) is 0.731. The van der Waals surface area contributed by atoms with Gasteiger partial charge in [-0.3, -0.25) is 4.39 Å². The van der Waals surface area contributed by atoms with Crippen LogP contribution in [0.1, 0.15) is 37.2 Å². The van der Waals surface area contributed by atoms with Gasteiger partial charge in [-0.1, -0.05) is 40.9 Å². The molecule has 0 aliphatic heterocycles. The van der Waals surface area contributed by atoms with E-state index in [4.69, 9.17) is 0 Å². The van der Waals surface area contributed by atoms with Gasteiger partial charge in [-0.2, -0.15) is 0 Å². The van der Waals surface area contributed by atoms with Crippen LogP contribution >= 0.6 is 15.9 Å². The Balaban J connectivity index is 2.16. The van der Waals surface area contributed by atoms with Gasteiger partial charge in [0.25, 0.3) is 0 Å². The van der Waals surface area contributed by atoms with E-state index in [0.29, 0.717) is 5.92 Å². The Labute approximate surface area is 99.0 Å². The zero-order valence-electron chi connectivity index (χ0n) is 8.76. The van der Waals surface area contributed by atoms with Crippen LogP contribution in [-0.4, -0.2) is 6.67 Å². The zero-order valence-corrected chi connectivity index (χ0v) is 10.3. The molecule has 82 valence electrons. The molecule has 2 rings (SSSR count). The van der Waals surface area contributed by atoms with Gasteiger partial charge in [0, 0.05) is 4.47 Å². The van der Waals surface area contributed by atoms with Crippen LogP contribution in [0.15, 0.2) is 28.7 Å². The van der Waals surface area contributed by atoms with Gasteiger partial charge in [-0.05, 0) is 42.4 Å². The molecule has 0 amide bonds.